The monoisotopic (exact) mass is 445 g/mol. The van der Waals surface area contributed by atoms with Crippen molar-refractivity contribution in [1.82, 2.24) is 9.80 Å². The van der Waals surface area contributed by atoms with E-state index in [-0.39, 0.29) is 23.8 Å². The topological polar surface area (TPSA) is 60.9 Å². The number of amides is 3. The Balaban J connectivity index is 1.17. The Kier molecular flexibility index (Phi) is 5.79. The lowest BCUT2D eigenvalue weighted by Crippen LogP contribution is -2.47. The summed E-state index contributed by atoms with van der Waals surface area (Å²) < 4.78 is 0. The molecule has 5 rings (SSSR count). The Morgan fingerprint density at radius 2 is 1.73 bits per heavy atom. The zero-order valence-electron chi connectivity index (χ0n) is 19.4. The number of fused-ring (bicyclic) bond motifs is 4. The minimum Gasteiger partial charge on any atom is -0.308 e. The van der Waals surface area contributed by atoms with Gasteiger partial charge in [0.05, 0.1) is 11.1 Å². The molecule has 3 amide bonds. The maximum atomic E-state index is 13.3. The van der Waals surface area contributed by atoms with Crippen molar-refractivity contribution in [2.45, 2.75) is 51.0 Å². The van der Waals surface area contributed by atoms with E-state index in [1.807, 2.05) is 0 Å². The molecule has 0 N–H and O–H groups in total. The second kappa shape index (κ2) is 8.75. The standard InChI is InChI=1S/C27H31N3O3/c1-18-11-12-23-21(16-18)22-17-28(2)15-13-24(22)30(23)25(31)10-4-3-7-14-29-26(32)19-8-5-6-9-20(19)27(29)33/h5-6,8-9,11-12,16,22,24H,3-4,7,10,13-15,17H2,1-2H3/t22-,24+/m1/s1. The van der Waals surface area contributed by atoms with E-state index in [1.165, 1.54) is 16.0 Å². The molecule has 1 saturated heterocycles. The van der Waals surface area contributed by atoms with Crippen molar-refractivity contribution in [2.75, 3.05) is 31.6 Å². The van der Waals surface area contributed by atoms with Gasteiger partial charge in [-0.1, -0.05) is 36.2 Å². The Labute approximate surface area is 195 Å². The van der Waals surface area contributed by atoms with Gasteiger partial charge in [-0.05, 0) is 63.5 Å². The van der Waals surface area contributed by atoms with E-state index in [9.17, 15) is 14.4 Å². The first kappa shape index (κ1) is 21.8. The molecule has 2 aromatic carbocycles. The summed E-state index contributed by atoms with van der Waals surface area (Å²) in [5.41, 5.74) is 4.62. The normalized spacial score (nSPS) is 21.9. The first-order chi connectivity index (χ1) is 16.0. The van der Waals surface area contributed by atoms with Crippen LogP contribution in [-0.2, 0) is 4.79 Å². The SMILES string of the molecule is Cc1ccc2c(c1)[C@H]1CN(C)CC[C@@H]1N2C(=O)CCCCCN1C(=O)c2ccccc2C1=O. The number of unbranched alkanes of at least 4 members (excludes halogenated alkanes) is 2. The lowest BCUT2D eigenvalue weighted by atomic mass is 9.89. The van der Waals surface area contributed by atoms with Crippen molar-refractivity contribution in [3.8, 4) is 0 Å². The van der Waals surface area contributed by atoms with Crippen molar-refractivity contribution < 1.29 is 14.4 Å². The molecule has 3 aliphatic heterocycles. The van der Waals surface area contributed by atoms with Crippen LogP contribution in [-0.4, -0.2) is 60.2 Å². The molecule has 172 valence electrons. The second-order valence-electron chi connectivity index (χ2n) is 9.67. The van der Waals surface area contributed by atoms with Crippen LogP contribution in [0.1, 0.15) is 69.9 Å². The summed E-state index contributed by atoms with van der Waals surface area (Å²) in [5, 5.41) is 0. The summed E-state index contributed by atoms with van der Waals surface area (Å²) in [4.78, 5) is 44.0. The number of aryl methyl sites for hydroxylation is 1. The van der Waals surface area contributed by atoms with Gasteiger partial charge in [-0.2, -0.15) is 0 Å². The van der Waals surface area contributed by atoms with E-state index in [0.717, 1.165) is 38.0 Å². The van der Waals surface area contributed by atoms with Crippen molar-refractivity contribution in [2.24, 2.45) is 0 Å². The predicted molar refractivity (Wildman–Crippen MR) is 128 cm³/mol. The van der Waals surface area contributed by atoms with Crippen molar-refractivity contribution >= 4 is 23.4 Å². The first-order valence-corrected chi connectivity index (χ1v) is 12.0. The van der Waals surface area contributed by atoms with E-state index < -0.39 is 0 Å². The molecule has 0 bridgehead atoms. The number of anilines is 1. The maximum absolute atomic E-state index is 13.3. The molecule has 6 heteroatoms. The van der Waals surface area contributed by atoms with Gasteiger partial charge in [-0.3, -0.25) is 19.3 Å². The Morgan fingerprint density at radius 3 is 2.45 bits per heavy atom. The van der Waals surface area contributed by atoms with Crippen LogP contribution in [0.25, 0.3) is 0 Å². The number of likely N-dealkylation sites (tertiary alicyclic amines) is 1. The van der Waals surface area contributed by atoms with Gasteiger partial charge in [0.15, 0.2) is 0 Å². The highest BCUT2D eigenvalue weighted by Gasteiger charge is 2.43. The Bertz CT molecular complexity index is 1080. The van der Waals surface area contributed by atoms with Gasteiger partial charge in [-0.25, -0.2) is 0 Å². The number of rotatable bonds is 6. The van der Waals surface area contributed by atoms with Crippen LogP contribution in [0.15, 0.2) is 42.5 Å². The third-order valence-corrected chi connectivity index (χ3v) is 7.37. The highest BCUT2D eigenvalue weighted by molar-refractivity contribution is 6.21. The summed E-state index contributed by atoms with van der Waals surface area (Å²) in [6, 6.07) is 13.7. The van der Waals surface area contributed by atoms with Gasteiger partial charge in [-0.15, -0.1) is 0 Å². The maximum Gasteiger partial charge on any atom is 0.261 e. The molecular weight excluding hydrogens is 414 g/mol. The third-order valence-electron chi connectivity index (χ3n) is 7.37. The average molecular weight is 446 g/mol. The first-order valence-electron chi connectivity index (χ1n) is 12.0. The van der Waals surface area contributed by atoms with Gasteiger partial charge >= 0.3 is 0 Å². The molecule has 0 spiro atoms. The van der Waals surface area contributed by atoms with E-state index in [2.05, 4.69) is 42.0 Å². The molecule has 2 aromatic rings. The molecule has 6 nitrogen and oxygen atoms in total. The van der Waals surface area contributed by atoms with E-state index in [0.29, 0.717) is 36.4 Å². The van der Waals surface area contributed by atoms with Gasteiger partial charge in [0.2, 0.25) is 5.91 Å². The summed E-state index contributed by atoms with van der Waals surface area (Å²) in [7, 11) is 2.16. The Hall–Kier alpha value is -2.99. The van der Waals surface area contributed by atoms with Gasteiger partial charge in [0, 0.05) is 37.2 Å². The lowest BCUT2D eigenvalue weighted by molar-refractivity contribution is -0.119. The van der Waals surface area contributed by atoms with E-state index >= 15 is 0 Å². The number of likely N-dealkylation sites (N-methyl/N-ethyl adjacent to an activating group) is 1. The highest BCUT2D eigenvalue weighted by atomic mass is 16.2. The van der Waals surface area contributed by atoms with Gasteiger partial charge in [0.25, 0.3) is 11.8 Å². The zero-order valence-corrected chi connectivity index (χ0v) is 19.4. The number of hydrogen-bond acceptors (Lipinski definition) is 4. The highest BCUT2D eigenvalue weighted by Crippen LogP contribution is 2.45. The fourth-order valence-corrected chi connectivity index (χ4v) is 5.69. The number of carbonyl (C=O) groups excluding carboxylic acids is 3. The summed E-state index contributed by atoms with van der Waals surface area (Å²) >= 11 is 0. The van der Waals surface area contributed by atoms with E-state index in [4.69, 9.17) is 0 Å². The quantitative estimate of drug-likeness (QED) is 0.498. The van der Waals surface area contributed by atoms with Crippen LogP contribution in [0, 0.1) is 6.92 Å². The minimum absolute atomic E-state index is 0.192. The van der Waals surface area contributed by atoms with Crippen LogP contribution in [0.2, 0.25) is 0 Å². The number of benzene rings is 2. The molecule has 0 saturated carbocycles. The second-order valence-corrected chi connectivity index (χ2v) is 9.67. The van der Waals surface area contributed by atoms with Crippen molar-refractivity contribution in [3.05, 3.63) is 64.7 Å². The molecule has 2 atom stereocenters. The number of imide groups is 1. The number of nitrogens with zero attached hydrogens (tertiary/aromatic N) is 3. The van der Waals surface area contributed by atoms with Crippen LogP contribution in [0.4, 0.5) is 5.69 Å². The molecule has 0 aliphatic carbocycles. The average Bonchev–Trinajstić information content (AvgIpc) is 3.25. The van der Waals surface area contributed by atoms with Crippen LogP contribution < -0.4 is 4.90 Å². The summed E-state index contributed by atoms with van der Waals surface area (Å²) in [6.45, 7) is 4.52. The van der Waals surface area contributed by atoms with Crippen molar-refractivity contribution in [1.29, 1.82) is 0 Å². The molecule has 1 fully saturated rings. The van der Waals surface area contributed by atoms with Crippen LogP contribution in [0.5, 0.6) is 0 Å². The number of carbonyl (C=O) groups is 3. The molecule has 0 radical (unpaired) electrons. The smallest absolute Gasteiger partial charge is 0.261 e. The summed E-state index contributed by atoms with van der Waals surface area (Å²) in [6.07, 6.45) is 3.78. The third kappa shape index (κ3) is 3.86. The molecular formula is C27H31N3O3. The fraction of sp³-hybridized carbons (Fsp3) is 0.444. The van der Waals surface area contributed by atoms with Gasteiger partial charge < -0.3 is 9.80 Å². The predicted octanol–water partition coefficient (Wildman–Crippen LogP) is 3.99. The number of hydrogen-bond donors (Lipinski definition) is 0. The zero-order chi connectivity index (χ0) is 23.1. The van der Waals surface area contributed by atoms with Gasteiger partial charge in [0.1, 0.15) is 0 Å². The lowest BCUT2D eigenvalue weighted by Gasteiger charge is -2.36. The van der Waals surface area contributed by atoms with E-state index in [1.54, 1.807) is 24.3 Å². The largest absolute Gasteiger partial charge is 0.308 e. The molecule has 0 unspecified atom stereocenters. The Morgan fingerprint density at radius 1 is 1.00 bits per heavy atom. The molecule has 0 aromatic heterocycles. The molecule has 3 aliphatic rings. The molecule has 33 heavy (non-hydrogen) atoms. The fourth-order valence-electron chi connectivity index (χ4n) is 5.69. The summed E-state index contributed by atoms with van der Waals surface area (Å²) in [5.74, 6) is 0.169. The van der Waals surface area contributed by atoms with Crippen LogP contribution in [0.3, 0.4) is 0 Å². The molecule has 3 heterocycles. The minimum atomic E-state index is -0.205. The van der Waals surface area contributed by atoms with Crippen LogP contribution >= 0.6 is 0 Å². The number of piperidine rings is 1. The van der Waals surface area contributed by atoms with Crippen molar-refractivity contribution in [3.63, 3.8) is 0 Å².